The van der Waals surface area contributed by atoms with E-state index in [0.717, 1.165) is 59.2 Å². The summed E-state index contributed by atoms with van der Waals surface area (Å²) < 4.78 is 16.1. The first-order chi connectivity index (χ1) is 16.9. The van der Waals surface area contributed by atoms with E-state index in [0.29, 0.717) is 24.8 Å². The molecule has 186 valence electrons. The van der Waals surface area contributed by atoms with E-state index in [2.05, 4.69) is 48.5 Å². The summed E-state index contributed by atoms with van der Waals surface area (Å²) in [7, 11) is 2.01. The number of rotatable bonds is 11. The fourth-order valence-electron chi connectivity index (χ4n) is 4.23. The number of H-pyrrole nitrogens is 1. The number of aromatic amines is 1. The average molecular weight is 477 g/mol. The van der Waals surface area contributed by atoms with Crippen LogP contribution in [0, 0.1) is 0 Å². The van der Waals surface area contributed by atoms with Crippen LogP contribution in [0.3, 0.4) is 0 Å². The predicted octanol–water partition coefficient (Wildman–Crippen LogP) is 6.20. The van der Waals surface area contributed by atoms with Crippen molar-refractivity contribution in [3.8, 4) is 28.6 Å². The minimum absolute atomic E-state index is 0.231. The maximum atomic E-state index is 13.0. The van der Waals surface area contributed by atoms with Crippen molar-refractivity contribution >= 4 is 10.9 Å². The van der Waals surface area contributed by atoms with Crippen molar-refractivity contribution in [3.05, 3.63) is 58.6 Å². The summed E-state index contributed by atoms with van der Waals surface area (Å²) in [4.78, 5) is 13.0. The lowest BCUT2D eigenvalue weighted by Gasteiger charge is -2.19. The van der Waals surface area contributed by atoms with Crippen molar-refractivity contribution in [2.24, 2.45) is 7.05 Å². The second-order valence-electron chi connectivity index (χ2n) is 9.30. The summed E-state index contributed by atoms with van der Waals surface area (Å²) >= 11 is 0. The first-order valence-electron chi connectivity index (χ1n) is 12.6. The lowest BCUT2D eigenvalue weighted by atomic mass is 9.98. The van der Waals surface area contributed by atoms with Crippen LogP contribution in [0.2, 0.25) is 0 Å². The summed E-state index contributed by atoms with van der Waals surface area (Å²) in [6, 6.07) is 12.1. The predicted molar refractivity (Wildman–Crippen MR) is 141 cm³/mol. The van der Waals surface area contributed by atoms with Crippen molar-refractivity contribution in [3.63, 3.8) is 0 Å². The van der Waals surface area contributed by atoms with Crippen LogP contribution >= 0.6 is 0 Å². The molecule has 0 fully saturated rings. The van der Waals surface area contributed by atoms with Crippen LogP contribution in [0.5, 0.6) is 11.5 Å². The Morgan fingerprint density at radius 2 is 1.69 bits per heavy atom. The molecule has 0 radical (unpaired) electrons. The van der Waals surface area contributed by atoms with Gasteiger partial charge in [0.05, 0.1) is 24.5 Å². The molecule has 0 saturated carbocycles. The summed E-state index contributed by atoms with van der Waals surface area (Å²) in [5.74, 6) is 2.27. The fraction of sp³-hybridized carbons (Fsp3) is 0.429. The van der Waals surface area contributed by atoms with Crippen molar-refractivity contribution < 1.29 is 9.47 Å². The van der Waals surface area contributed by atoms with Gasteiger partial charge < -0.3 is 14.0 Å². The van der Waals surface area contributed by atoms with E-state index in [9.17, 15) is 4.79 Å². The van der Waals surface area contributed by atoms with Crippen LogP contribution < -0.4 is 15.2 Å². The van der Waals surface area contributed by atoms with E-state index in [1.807, 2.05) is 43.6 Å². The number of fused-ring (bicyclic) bond motifs is 1. The highest BCUT2D eigenvalue weighted by Gasteiger charge is 2.22. The minimum Gasteiger partial charge on any atom is -0.493 e. The summed E-state index contributed by atoms with van der Waals surface area (Å²) in [6.07, 6.45) is 6.05. The fourth-order valence-corrected chi connectivity index (χ4v) is 4.23. The third-order valence-electron chi connectivity index (χ3n) is 6.29. The highest BCUT2D eigenvalue weighted by molar-refractivity contribution is 5.82. The van der Waals surface area contributed by atoms with Gasteiger partial charge in [-0.2, -0.15) is 5.10 Å². The molecular weight excluding hydrogens is 440 g/mol. The Bertz CT molecular complexity index is 1350. The monoisotopic (exact) mass is 476 g/mol. The van der Waals surface area contributed by atoms with Crippen molar-refractivity contribution in [1.29, 1.82) is 0 Å². The van der Waals surface area contributed by atoms with Gasteiger partial charge in [-0.05, 0) is 54.7 Å². The molecule has 4 aromatic rings. The van der Waals surface area contributed by atoms with Gasteiger partial charge in [-0.1, -0.05) is 40.5 Å². The van der Waals surface area contributed by atoms with E-state index < -0.39 is 0 Å². The van der Waals surface area contributed by atoms with Gasteiger partial charge in [0.1, 0.15) is 11.5 Å². The highest BCUT2D eigenvalue weighted by atomic mass is 16.5. The first kappa shape index (κ1) is 24.6. The molecule has 0 aliphatic rings. The van der Waals surface area contributed by atoms with Gasteiger partial charge in [-0.3, -0.25) is 0 Å². The Morgan fingerprint density at radius 1 is 0.971 bits per heavy atom. The Kier molecular flexibility index (Phi) is 7.63. The van der Waals surface area contributed by atoms with Crippen LogP contribution in [0.25, 0.3) is 28.0 Å². The maximum absolute atomic E-state index is 13.0. The van der Waals surface area contributed by atoms with Gasteiger partial charge >= 0.3 is 5.69 Å². The largest absolute Gasteiger partial charge is 0.493 e. The topological polar surface area (TPSA) is 74.1 Å². The molecule has 4 rings (SSSR count). The number of ether oxygens (including phenoxy) is 2. The normalized spacial score (nSPS) is 11.5. The zero-order valence-corrected chi connectivity index (χ0v) is 21.4. The molecule has 7 nitrogen and oxygen atoms in total. The molecule has 0 bridgehead atoms. The van der Waals surface area contributed by atoms with Gasteiger partial charge in [-0.25, -0.2) is 14.5 Å². The maximum Gasteiger partial charge on any atom is 0.348 e. The number of nitrogens with one attached hydrogen (secondary N) is 1. The lowest BCUT2D eigenvalue weighted by molar-refractivity contribution is 0.292. The molecule has 0 spiro atoms. The van der Waals surface area contributed by atoms with Crippen molar-refractivity contribution in [2.45, 2.75) is 59.3 Å². The molecule has 0 atom stereocenters. The molecule has 0 unspecified atom stereocenters. The second-order valence-corrected chi connectivity index (χ2v) is 9.30. The van der Waals surface area contributed by atoms with Crippen LogP contribution in [-0.4, -0.2) is 32.5 Å². The van der Waals surface area contributed by atoms with Crippen LogP contribution in [0.1, 0.15) is 64.9 Å². The SMILES string of the molecule is CCCCOc1cc(OCCCC)c(C(C)C)cc1-c1n[nH]c(=O)n1-c1ccc2c(ccn2C)c1. The Balaban J connectivity index is 1.86. The molecule has 0 aliphatic heterocycles. The second kappa shape index (κ2) is 10.8. The number of benzene rings is 2. The van der Waals surface area contributed by atoms with E-state index in [1.165, 1.54) is 0 Å². The van der Waals surface area contributed by atoms with Gasteiger partial charge in [0.15, 0.2) is 5.82 Å². The van der Waals surface area contributed by atoms with E-state index >= 15 is 0 Å². The molecule has 2 heterocycles. The Morgan fingerprint density at radius 3 is 2.37 bits per heavy atom. The number of nitrogens with zero attached hydrogens (tertiary/aromatic N) is 3. The lowest BCUT2D eigenvalue weighted by Crippen LogP contribution is -2.16. The van der Waals surface area contributed by atoms with Crippen molar-refractivity contribution in [1.82, 2.24) is 19.3 Å². The molecule has 0 amide bonds. The molecule has 2 aromatic carbocycles. The molecule has 1 N–H and O–H groups in total. The molecular formula is C28H36N4O3. The molecule has 0 aliphatic carbocycles. The Hall–Kier alpha value is -3.48. The first-order valence-corrected chi connectivity index (χ1v) is 12.6. The third-order valence-corrected chi connectivity index (χ3v) is 6.29. The molecule has 2 aromatic heterocycles. The van der Waals surface area contributed by atoms with Crippen LogP contribution in [0.4, 0.5) is 0 Å². The smallest absolute Gasteiger partial charge is 0.348 e. The van der Waals surface area contributed by atoms with E-state index in [-0.39, 0.29) is 11.6 Å². The quantitative estimate of drug-likeness (QED) is 0.262. The van der Waals surface area contributed by atoms with E-state index in [1.54, 1.807) is 4.57 Å². The van der Waals surface area contributed by atoms with Crippen LogP contribution in [0.15, 0.2) is 47.4 Å². The zero-order chi connectivity index (χ0) is 24.9. The number of aromatic nitrogens is 4. The summed E-state index contributed by atoms with van der Waals surface area (Å²) in [5.41, 5.74) is 3.42. The summed E-state index contributed by atoms with van der Waals surface area (Å²) in [5, 5.41) is 8.16. The zero-order valence-electron chi connectivity index (χ0n) is 21.4. The van der Waals surface area contributed by atoms with Crippen LogP contribution in [-0.2, 0) is 7.05 Å². The number of unbranched alkanes of at least 4 members (excludes halogenated alkanes) is 2. The Labute approximate surface area is 206 Å². The minimum atomic E-state index is -0.288. The molecule has 0 saturated heterocycles. The van der Waals surface area contributed by atoms with Gasteiger partial charge in [0.2, 0.25) is 0 Å². The van der Waals surface area contributed by atoms with Gasteiger partial charge in [0, 0.05) is 30.2 Å². The number of hydrogen-bond acceptors (Lipinski definition) is 4. The highest BCUT2D eigenvalue weighted by Crippen LogP contribution is 2.39. The summed E-state index contributed by atoms with van der Waals surface area (Å²) in [6.45, 7) is 9.82. The standard InChI is InChI=1S/C28H36N4O3/c1-6-8-14-34-25-18-26(35-15-9-7-2)23(17-22(25)19(3)4)27-29-30-28(33)32(27)21-10-11-24-20(16-21)12-13-31(24)5/h10-13,16-19H,6-9,14-15H2,1-5H3,(H,30,33). The number of aryl methyl sites for hydroxylation is 1. The molecule has 7 heteroatoms. The van der Waals surface area contributed by atoms with E-state index in [4.69, 9.17) is 9.47 Å². The average Bonchev–Trinajstić information content (AvgIpc) is 3.41. The van der Waals surface area contributed by atoms with Gasteiger partial charge in [0.25, 0.3) is 0 Å². The third kappa shape index (κ3) is 5.14. The van der Waals surface area contributed by atoms with Gasteiger partial charge in [-0.15, -0.1) is 0 Å². The molecule has 35 heavy (non-hydrogen) atoms. The van der Waals surface area contributed by atoms with Crippen molar-refractivity contribution in [2.75, 3.05) is 13.2 Å². The number of hydrogen-bond donors (Lipinski definition) is 1.